The highest BCUT2D eigenvalue weighted by Gasteiger charge is 2.11. The average molecular weight is 339 g/mol. The van der Waals surface area contributed by atoms with Crippen LogP contribution in [0.5, 0.6) is 0 Å². The molecule has 0 spiro atoms. The summed E-state index contributed by atoms with van der Waals surface area (Å²) >= 11 is 3.50. The average Bonchev–Trinajstić information content (AvgIpc) is 2.36. The first-order valence-electron chi connectivity index (χ1n) is 6.63. The van der Waals surface area contributed by atoms with E-state index in [4.69, 9.17) is 0 Å². The molecule has 0 saturated heterocycles. The molecule has 2 rings (SSSR count). The lowest BCUT2D eigenvalue weighted by Crippen LogP contribution is -2.10. The van der Waals surface area contributed by atoms with Crippen molar-refractivity contribution >= 4 is 15.9 Å². The second-order valence-corrected chi connectivity index (χ2v) is 5.84. The number of halogens is 3. The van der Waals surface area contributed by atoms with Crippen molar-refractivity contribution in [1.29, 1.82) is 0 Å². The Bertz CT molecular complexity index is 561. The molecule has 0 aliphatic rings. The van der Waals surface area contributed by atoms with Crippen molar-refractivity contribution in [2.24, 2.45) is 5.92 Å². The van der Waals surface area contributed by atoms with Gasteiger partial charge in [0.2, 0.25) is 0 Å². The van der Waals surface area contributed by atoms with Crippen molar-refractivity contribution in [2.75, 3.05) is 5.33 Å². The summed E-state index contributed by atoms with van der Waals surface area (Å²) in [4.78, 5) is 0. The first-order chi connectivity index (χ1) is 9.56. The predicted octanol–water partition coefficient (Wildman–Crippen LogP) is 5.07. The lowest BCUT2D eigenvalue weighted by Gasteiger charge is -2.15. The molecule has 0 amide bonds. The van der Waals surface area contributed by atoms with Gasteiger partial charge in [0, 0.05) is 11.4 Å². The van der Waals surface area contributed by atoms with Crippen LogP contribution >= 0.6 is 15.9 Å². The minimum atomic E-state index is -0.510. The van der Waals surface area contributed by atoms with Gasteiger partial charge in [-0.2, -0.15) is 0 Å². The molecule has 0 bridgehead atoms. The molecular formula is C17H17BrF2. The fourth-order valence-corrected chi connectivity index (χ4v) is 2.87. The summed E-state index contributed by atoms with van der Waals surface area (Å²) in [5.41, 5.74) is 3.19. The molecule has 20 heavy (non-hydrogen) atoms. The first kappa shape index (κ1) is 15.2. The van der Waals surface area contributed by atoms with Crippen LogP contribution in [0.1, 0.15) is 16.7 Å². The molecular weight excluding hydrogens is 322 g/mol. The Morgan fingerprint density at radius 3 is 2.20 bits per heavy atom. The van der Waals surface area contributed by atoms with E-state index in [1.807, 2.05) is 6.07 Å². The smallest absolute Gasteiger partial charge is 0.126 e. The quantitative estimate of drug-likeness (QED) is 0.667. The van der Waals surface area contributed by atoms with Crippen molar-refractivity contribution in [3.8, 4) is 0 Å². The molecule has 0 nitrogen and oxygen atoms in total. The highest BCUT2D eigenvalue weighted by molar-refractivity contribution is 9.09. The molecule has 1 atom stereocenters. The van der Waals surface area contributed by atoms with Gasteiger partial charge in [0.25, 0.3) is 0 Å². The summed E-state index contributed by atoms with van der Waals surface area (Å²) in [6.45, 7) is 2.06. The number of aryl methyl sites for hydroxylation is 1. The van der Waals surface area contributed by atoms with E-state index in [2.05, 4.69) is 41.1 Å². The van der Waals surface area contributed by atoms with E-state index < -0.39 is 11.6 Å². The monoisotopic (exact) mass is 338 g/mol. The third kappa shape index (κ3) is 4.41. The minimum absolute atomic E-state index is 0.318. The van der Waals surface area contributed by atoms with Crippen LogP contribution in [0.2, 0.25) is 0 Å². The number of hydrogen-bond acceptors (Lipinski definition) is 0. The SMILES string of the molecule is Cc1cccc(CC(CBr)Cc2cc(F)cc(F)c2)c1. The second-order valence-electron chi connectivity index (χ2n) is 5.20. The van der Waals surface area contributed by atoms with E-state index in [1.165, 1.54) is 23.3 Å². The van der Waals surface area contributed by atoms with Gasteiger partial charge in [-0.1, -0.05) is 45.8 Å². The van der Waals surface area contributed by atoms with Crippen molar-refractivity contribution < 1.29 is 8.78 Å². The molecule has 1 unspecified atom stereocenters. The molecule has 0 heterocycles. The molecule has 0 aliphatic carbocycles. The molecule has 0 aliphatic heterocycles. The van der Waals surface area contributed by atoms with Gasteiger partial charge >= 0.3 is 0 Å². The maximum absolute atomic E-state index is 13.2. The van der Waals surface area contributed by atoms with E-state index >= 15 is 0 Å². The van der Waals surface area contributed by atoms with Gasteiger partial charge in [0.15, 0.2) is 0 Å². The summed E-state index contributed by atoms with van der Waals surface area (Å²) in [6, 6.07) is 12.1. The second kappa shape index (κ2) is 6.98. The Morgan fingerprint density at radius 1 is 0.950 bits per heavy atom. The Balaban J connectivity index is 2.09. The van der Waals surface area contributed by atoms with Crippen LogP contribution < -0.4 is 0 Å². The molecule has 2 aromatic carbocycles. The zero-order chi connectivity index (χ0) is 14.5. The summed E-state index contributed by atoms with van der Waals surface area (Å²) in [6.07, 6.45) is 1.55. The minimum Gasteiger partial charge on any atom is -0.207 e. The third-order valence-electron chi connectivity index (χ3n) is 3.27. The maximum atomic E-state index is 13.2. The van der Waals surface area contributed by atoms with Crippen LogP contribution in [-0.2, 0) is 12.8 Å². The number of hydrogen-bond donors (Lipinski definition) is 0. The molecule has 0 radical (unpaired) electrons. The van der Waals surface area contributed by atoms with E-state index in [-0.39, 0.29) is 0 Å². The highest BCUT2D eigenvalue weighted by Crippen LogP contribution is 2.19. The zero-order valence-corrected chi connectivity index (χ0v) is 13.0. The van der Waals surface area contributed by atoms with Crippen LogP contribution in [0.15, 0.2) is 42.5 Å². The van der Waals surface area contributed by atoms with Crippen molar-refractivity contribution in [2.45, 2.75) is 19.8 Å². The van der Waals surface area contributed by atoms with Crippen LogP contribution in [-0.4, -0.2) is 5.33 Å². The van der Waals surface area contributed by atoms with Crippen molar-refractivity contribution in [3.63, 3.8) is 0 Å². The number of rotatable bonds is 5. The summed E-state index contributed by atoms with van der Waals surface area (Å²) in [5.74, 6) is -0.703. The number of benzene rings is 2. The van der Waals surface area contributed by atoms with Crippen LogP contribution in [0.3, 0.4) is 0 Å². The first-order valence-corrected chi connectivity index (χ1v) is 7.75. The lowest BCUT2D eigenvalue weighted by molar-refractivity contribution is 0.560. The van der Waals surface area contributed by atoms with Crippen molar-refractivity contribution in [1.82, 2.24) is 0 Å². The zero-order valence-electron chi connectivity index (χ0n) is 11.4. The van der Waals surface area contributed by atoms with Crippen molar-refractivity contribution in [3.05, 3.63) is 70.8 Å². The van der Waals surface area contributed by atoms with Gasteiger partial charge in [-0.15, -0.1) is 0 Å². The van der Waals surface area contributed by atoms with E-state index in [0.717, 1.165) is 17.8 Å². The Hall–Kier alpha value is -1.22. The van der Waals surface area contributed by atoms with Crippen LogP contribution in [0, 0.1) is 24.5 Å². The van der Waals surface area contributed by atoms with Gasteiger partial charge in [0.05, 0.1) is 0 Å². The van der Waals surface area contributed by atoms with Gasteiger partial charge < -0.3 is 0 Å². The molecule has 2 aromatic rings. The third-order valence-corrected chi connectivity index (χ3v) is 4.19. The fourth-order valence-electron chi connectivity index (χ4n) is 2.42. The lowest BCUT2D eigenvalue weighted by atomic mass is 9.93. The Morgan fingerprint density at radius 2 is 1.60 bits per heavy atom. The normalized spacial score (nSPS) is 12.4. The van der Waals surface area contributed by atoms with E-state index in [1.54, 1.807) is 0 Å². The largest absolute Gasteiger partial charge is 0.207 e. The molecule has 0 aromatic heterocycles. The summed E-state index contributed by atoms with van der Waals surface area (Å²) < 4.78 is 26.4. The molecule has 0 fully saturated rings. The molecule has 0 N–H and O–H groups in total. The highest BCUT2D eigenvalue weighted by atomic mass is 79.9. The summed E-state index contributed by atoms with van der Waals surface area (Å²) in [5, 5.41) is 0.805. The molecule has 106 valence electrons. The predicted molar refractivity (Wildman–Crippen MR) is 82.2 cm³/mol. The van der Waals surface area contributed by atoms with Gasteiger partial charge in [-0.3, -0.25) is 0 Å². The maximum Gasteiger partial charge on any atom is 0.126 e. The van der Waals surface area contributed by atoms with Crippen LogP contribution in [0.4, 0.5) is 8.78 Å². The van der Waals surface area contributed by atoms with Gasteiger partial charge in [-0.05, 0) is 48.9 Å². The topological polar surface area (TPSA) is 0 Å². The van der Waals surface area contributed by atoms with E-state index in [9.17, 15) is 8.78 Å². The van der Waals surface area contributed by atoms with Gasteiger partial charge in [0.1, 0.15) is 11.6 Å². The molecule has 0 saturated carbocycles. The summed E-state index contributed by atoms with van der Waals surface area (Å²) in [7, 11) is 0. The number of alkyl halides is 1. The Kier molecular flexibility index (Phi) is 5.30. The fraction of sp³-hybridized carbons (Fsp3) is 0.294. The van der Waals surface area contributed by atoms with Crippen LogP contribution in [0.25, 0.3) is 0 Å². The van der Waals surface area contributed by atoms with Gasteiger partial charge in [-0.25, -0.2) is 8.78 Å². The Labute approximate surface area is 127 Å². The standard InChI is InChI=1S/C17H17BrF2/c1-12-3-2-4-13(5-12)6-15(11-18)7-14-8-16(19)10-17(20)9-14/h2-5,8-10,15H,6-7,11H2,1H3. The molecule has 3 heteroatoms. The van der Waals surface area contributed by atoms with E-state index in [0.29, 0.717) is 17.9 Å².